The van der Waals surface area contributed by atoms with Crippen LogP contribution < -0.4 is 10.1 Å². The summed E-state index contributed by atoms with van der Waals surface area (Å²) in [6, 6.07) is 7.23. The van der Waals surface area contributed by atoms with Gasteiger partial charge in [-0.25, -0.2) is 4.79 Å². The van der Waals surface area contributed by atoms with E-state index in [1.54, 1.807) is 19.1 Å². The Morgan fingerprint density at radius 1 is 1.38 bits per heavy atom. The SMILES string of the molecule is Cc1ccc(Cl)c(OCC(=O)OCC(=O)N[C@@](C)(C#N)C(C)C)c1. The molecule has 0 spiro atoms. The first-order valence-corrected chi connectivity index (χ1v) is 7.82. The highest BCUT2D eigenvalue weighted by molar-refractivity contribution is 6.32. The molecular formula is C17H21ClN2O4. The quantitative estimate of drug-likeness (QED) is 0.762. The number of hydrogen-bond acceptors (Lipinski definition) is 5. The van der Waals surface area contributed by atoms with E-state index in [0.29, 0.717) is 10.8 Å². The van der Waals surface area contributed by atoms with Gasteiger partial charge in [0.05, 0.1) is 11.1 Å². The van der Waals surface area contributed by atoms with Gasteiger partial charge in [-0.2, -0.15) is 5.26 Å². The van der Waals surface area contributed by atoms with Gasteiger partial charge >= 0.3 is 5.97 Å². The van der Waals surface area contributed by atoms with Gasteiger partial charge in [-0.1, -0.05) is 31.5 Å². The number of amides is 1. The molecule has 0 aliphatic rings. The molecule has 0 aliphatic carbocycles. The Bertz CT molecular complexity index is 654. The lowest BCUT2D eigenvalue weighted by atomic mass is 9.90. The molecule has 0 saturated carbocycles. The van der Waals surface area contributed by atoms with Crippen molar-refractivity contribution >= 4 is 23.5 Å². The van der Waals surface area contributed by atoms with Crippen LogP contribution in [0.1, 0.15) is 26.3 Å². The second-order valence-corrected chi connectivity index (χ2v) is 6.31. The molecule has 1 rings (SSSR count). The summed E-state index contributed by atoms with van der Waals surface area (Å²) in [5.74, 6) is -0.968. The van der Waals surface area contributed by atoms with Gasteiger partial charge in [0, 0.05) is 0 Å². The Labute approximate surface area is 146 Å². The van der Waals surface area contributed by atoms with Crippen molar-refractivity contribution in [3.8, 4) is 11.8 Å². The lowest BCUT2D eigenvalue weighted by Gasteiger charge is -2.27. The molecule has 0 unspecified atom stereocenters. The zero-order valence-electron chi connectivity index (χ0n) is 14.2. The second-order valence-electron chi connectivity index (χ2n) is 5.90. The van der Waals surface area contributed by atoms with E-state index in [1.165, 1.54) is 0 Å². The van der Waals surface area contributed by atoms with Gasteiger partial charge in [0.1, 0.15) is 11.3 Å². The van der Waals surface area contributed by atoms with Crippen molar-refractivity contribution in [3.63, 3.8) is 0 Å². The van der Waals surface area contributed by atoms with Gasteiger partial charge in [-0.15, -0.1) is 0 Å². The van der Waals surface area contributed by atoms with Crippen LogP contribution in [0, 0.1) is 24.2 Å². The highest BCUT2D eigenvalue weighted by Crippen LogP contribution is 2.25. The fourth-order valence-corrected chi connectivity index (χ4v) is 1.84. The van der Waals surface area contributed by atoms with Gasteiger partial charge in [-0.3, -0.25) is 4.79 Å². The number of nitrogens with zero attached hydrogens (tertiary/aromatic N) is 1. The minimum Gasteiger partial charge on any atom is -0.480 e. The predicted molar refractivity (Wildman–Crippen MR) is 89.6 cm³/mol. The van der Waals surface area contributed by atoms with Crippen LogP contribution >= 0.6 is 11.6 Å². The number of halogens is 1. The number of nitrogens with one attached hydrogen (secondary N) is 1. The summed E-state index contributed by atoms with van der Waals surface area (Å²) in [7, 11) is 0. The molecule has 0 fully saturated rings. The summed E-state index contributed by atoms with van der Waals surface area (Å²) in [6.07, 6.45) is 0. The summed E-state index contributed by atoms with van der Waals surface area (Å²) < 4.78 is 10.1. The smallest absolute Gasteiger partial charge is 0.344 e. The number of rotatable bonds is 7. The minimum atomic E-state index is -1.02. The lowest BCUT2D eigenvalue weighted by molar-refractivity contribution is -0.150. The summed E-state index contributed by atoms with van der Waals surface area (Å²) >= 11 is 5.95. The highest BCUT2D eigenvalue weighted by Gasteiger charge is 2.30. The molecule has 0 aromatic heterocycles. The van der Waals surface area contributed by atoms with Gasteiger partial charge in [-0.05, 0) is 37.5 Å². The van der Waals surface area contributed by atoms with E-state index in [2.05, 4.69) is 5.32 Å². The third kappa shape index (κ3) is 5.74. The number of carbonyl (C=O) groups is 2. The molecule has 130 valence electrons. The van der Waals surface area contributed by atoms with Crippen molar-refractivity contribution in [1.82, 2.24) is 5.32 Å². The standard InChI is InChI=1S/C17H21ClN2O4/c1-11(2)17(4,10-19)20-15(21)8-24-16(22)9-23-14-7-12(3)5-6-13(14)18/h5-7,11H,8-9H2,1-4H3,(H,20,21)/t17-/m0/s1. The molecule has 0 bridgehead atoms. The predicted octanol–water partition coefficient (Wildman–Crippen LogP) is 2.62. The molecule has 1 amide bonds. The van der Waals surface area contributed by atoms with Crippen LogP contribution in [0.25, 0.3) is 0 Å². The van der Waals surface area contributed by atoms with Crippen molar-refractivity contribution in [3.05, 3.63) is 28.8 Å². The molecular weight excluding hydrogens is 332 g/mol. The van der Waals surface area contributed by atoms with E-state index in [9.17, 15) is 9.59 Å². The Morgan fingerprint density at radius 2 is 2.04 bits per heavy atom. The average molecular weight is 353 g/mol. The third-order valence-electron chi connectivity index (χ3n) is 3.58. The van der Waals surface area contributed by atoms with Crippen molar-refractivity contribution in [2.75, 3.05) is 13.2 Å². The Kier molecular flexibility index (Phi) is 7.05. The number of nitriles is 1. The normalized spacial score (nSPS) is 12.9. The molecule has 0 heterocycles. The number of carbonyl (C=O) groups excluding carboxylic acids is 2. The van der Waals surface area contributed by atoms with Crippen LogP contribution in [0.2, 0.25) is 5.02 Å². The number of benzene rings is 1. The first-order chi connectivity index (χ1) is 11.2. The Balaban J connectivity index is 2.45. The topological polar surface area (TPSA) is 88.4 Å². The van der Waals surface area contributed by atoms with Crippen molar-refractivity contribution < 1.29 is 19.1 Å². The summed E-state index contributed by atoms with van der Waals surface area (Å²) in [5.41, 5.74) is -0.0821. The number of aryl methyl sites for hydroxylation is 1. The summed E-state index contributed by atoms with van der Waals surface area (Å²) in [5, 5.41) is 12.1. The number of hydrogen-bond donors (Lipinski definition) is 1. The van der Waals surface area contributed by atoms with Crippen LogP contribution in [0.5, 0.6) is 5.75 Å². The highest BCUT2D eigenvalue weighted by atomic mass is 35.5. The molecule has 1 aromatic carbocycles. The molecule has 24 heavy (non-hydrogen) atoms. The zero-order valence-corrected chi connectivity index (χ0v) is 14.9. The molecule has 1 N–H and O–H groups in total. The maximum atomic E-state index is 11.8. The van der Waals surface area contributed by atoms with E-state index >= 15 is 0 Å². The minimum absolute atomic E-state index is 0.0889. The van der Waals surface area contributed by atoms with Gasteiger partial charge in [0.15, 0.2) is 13.2 Å². The fourth-order valence-electron chi connectivity index (χ4n) is 1.67. The summed E-state index contributed by atoms with van der Waals surface area (Å²) in [6.45, 7) is 6.26. The van der Waals surface area contributed by atoms with Crippen LogP contribution in [0.4, 0.5) is 0 Å². The first-order valence-electron chi connectivity index (χ1n) is 7.44. The summed E-state index contributed by atoms with van der Waals surface area (Å²) in [4.78, 5) is 23.4. The zero-order chi connectivity index (χ0) is 18.3. The second kappa shape index (κ2) is 8.55. The maximum absolute atomic E-state index is 11.8. The molecule has 6 nitrogen and oxygen atoms in total. The lowest BCUT2D eigenvalue weighted by Crippen LogP contribution is -2.50. The first kappa shape index (κ1) is 19.8. The third-order valence-corrected chi connectivity index (χ3v) is 3.89. The van der Waals surface area contributed by atoms with E-state index in [-0.39, 0.29) is 12.5 Å². The van der Waals surface area contributed by atoms with Crippen LogP contribution in [0.3, 0.4) is 0 Å². The molecule has 0 aliphatic heterocycles. The van der Waals surface area contributed by atoms with Crippen LogP contribution in [-0.2, 0) is 14.3 Å². The van der Waals surface area contributed by atoms with Crippen molar-refractivity contribution in [1.29, 1.82) is 5.26 Å². The van der Waals surface area contributed by atoms with Crippen LogP contribution in [-0.4, -0.2) is 30.6 Å². The Morgan fingerprint density at radius 3 is 2.62 bits per heavy atom. The van der Waals surface area contributed by atoms with E-state index < -0.39 is 24.0 Å². The van der Waals surface area contributed by atoms with Crippen molar-refractivity contribution in [2.24, 2.45) is 5.92 Å². The molecule has 1 atom stereocenters. The molecule has 1 aromatic rings. The van der Waals surface area contributed by atoms with E-state index in [4.69, 9.17) is 26.3 Å². The van der Waals surface area contributed by atoms with Crippen molar-refractivity contribution in [2.45, 2.75) is 33.2 Å². The largest absolute Gasteiger partial charge is 0.480 e. The monoisotopic (exact) mass is 352 g/mol. The van der Waals surface area contributed by atoms with Gasteiger partial charge < -0.3 is 14.8 Å². The molecule has 0 radical (unpaired) electrons. The van der Waals surface area contributed by atoms with E-state index in [1.807, 2.05) is 32.9 Å². The van der Waals surface area contributed by atoms with Gasteiger partial charge in [0.25, 0.3) is 5.91 Å². The fraction of sp³-hybridized carbons (Fsp3) is 0.471. The van der Waals surface area contributed by atoms with E-state index in [0.717, 1.165) is 5.56 Å². The molecule has 7 heteroatoms. The maximum Gasteiger partial charge on any atom is 0.344 e. The molecule has 0 saturated heterocycles. The van der Waals surface area contributed by atoms with Crippen LogP contribution in [0.15, 0.2) is 18.2 Å². The Hall–Kier alpha value is -2.26. The number of ether oxygens (including phenoxy) is 2. The average Bonchev–Trinajstić information content (AvgIpc) is 2.53. The number of esters is 1. The van der Waals surface area contributed by atoms with Gasteiger partial charge in [0.2, 0.25) is 0 Å².